The number of benzene rings is 1. The number of hydrogen-bond donors (Lipinski definition) is 1. The first-order valence-electron chi connectivity index (χ1n) is 5.70. The van der Waals surface area contributed by atoms with Gasteiger partial charge in [0, 0.05) is 19.6 Å². The number of aryl methyl sites for hydroxylation is 1. The topological polar surface area (TPSA) is 63.4 Å². The largest absolute Gasteiger partial charge is 0.329 e. The molecular weight excluding hydrogens is 272 g/mol. The van der Waals surface area contributed by atoms with Crippen LogP contribution in [0.5, 0.6) is 0 Å². The molecule has 0 heterocycles. The average molecular weight is 293 g/mol. The van der Waals surface area contributed by atoms with E-state index >= 15 is 0 Å². The zero-order valence-corrected chi connectivity index (χ0v) is 12.6. The van der Waals surface area contributed by atoms with E-state index in [1.54, 1.807) is 26.1 Å². The predicted molar refractivity (Wildman–Crippen MR) is 76.5 cm³/mol. The maximum Gasteiger partial charge on any atom is 0.243 e. The second-order valence-electron chi connectivity index (χ2n) is 4.10. The quantitative estimate of drug-likeness (QED) is 0.897. The lowest BCUT2D eigenvalue weighted by molar-refractivity contribution is 0.394. The summed E-state index contributed by atoms with van der Waals surface area (Å²) in [7, 11) is -1.87. The summed E-state index contributed by atoms with van der Waals surface area (Å²) in [4.78, 5) is 0.317. The van der Waals surface area contributed by atoms with Gasteiger partial charge in [-0.3, -0.25) is 0 Å². The maximum absolute atomic E-state index is 12.2. The fraction of sp³-hybridized carbons (Fsp3) is 0.500. The van der Waals surface area contributed by atoms with Crippen LogP contribution in [0.2, 0.25) is 0 Å². The molecule has 0 spiro atoms. The smallest absolute Gasteiger partial charge is 0.243 e. The van der Waals surface area contributed by atoms with Gasteiger partial charge in [0.15, 0.2) is 0 Å². The molecule has 4 nitrogen and oxygen atoms in total. The molecule has 0 aromatic heterocycles. The molecule has 0 bridgehead atoms. The van der Waals surface area contributed by atoms with Gasteiger partial charge in [-0.2, -0.15) is 4.31 Å². The summed E-state index contributed by atoms with van der Waals surface area (Å²) in [6, 6.07) is 6.77. The third-order valence-electron chi connectivity index (χ3n) is 2.97. The summed E-state index contributed by atoms with van der Waals surface area (Å²) < 4.78 is 25.7. The number of sulfonamides is 1. The molecule has 1 aromatic rings. The summed E-state index contributed by atoms with van der Waals surface area (Å²) in [5.74, 6) is 0. The lowest BCUT2D eigenvalue weighted by Gasteiger charge is -2.23. The van der Waals surface area contributed by atoms with E-state index in [0.29, 0.717) is 11.4 Å². The highest BCUT2D eigenvalue weighted by Crippen LogP contribution is 2.17. The standard InChI is InChI=1S/C12H20N2O2S.ClH/c1-4-11-5-7-12(8-6-11)17(15,16)14(3)10(2)9-13;/h5-8,10H,4,9,13H2,1-3H3;1H. The van der Waals surface area contributed by atoms with Crippen molar-refractivity contribution < 1.29 is 8.42 Å². The Hall–Kier alpha value is -0.620. The van der Waals surface area contributed by atoms with Gasteiger partial charge < -0.3 is 5.73 Å². The molecule has 2 N–H and O–H groups in total. The van der Waals surface area contributed by atoms with E-state index < -0.39 is 10.0 Å². The molecule has 0 saturated heterocycles. The van der Waals surface area contributed by atoms with Crippen LogP contribution in [0.4, 0.5) is 0 Å². The Kier molecular flexibility index (Phi) is 6.84. The van der Waals surface area contributed by atoms with Crippen LogP contribution < -0.4 is 5.73 Å². The second-order valence-corrected chi connectivity index (χ2v) is 6.10. The van der Waals surface area contributed by atoms with Crippen LogP contribution in [0, 0.1) is 0 Å². The summed E-state index contributed by atoms with van der Waals surface area (Å²) in [5, 5.41) is 0. The predicted octanol–water partition coefficient (Wildman–Crippen LogP) is 1.64. The molecule has 0 aliphatic carbocycles. The van der Waals surface area contributed by atoms with Gasteiger partial charge in [0.05, 0.1) is 4.90 Å². The Bertz CT molecular complexity index is 459. The van der Waals surface area contributed by atoms with E-state index in [0.717, 1.165) is 12.0 Å². The van der Waals surface area contributed by atoms with E-state index in [-0.39, 0.29) is 18.4 Å². The number of rotatable bonds is 5. The van der Waals surface area contributed by atoms with Gasteiger partial charge in [0.1, 0.15) is 0 Å². The highest BCUT2D eigenvalue weighted by Gasteiger charge is 2.24. The Balaban J connectivity index is 0.00000289. The molecule has 1 aromatic carbocycles. The number of nitrogens with two attached hydrogens (primary N) is 1. The molecule has 0 radical (unpaired) electrons. The van der Waals surface area contributed by atoms with E-state index in [9.17, 15) is 8.42 Å². The molecule has 0 amide bonds. The minimum atomic E-state index is -3.42. The minimum Gasteiger partial charge on any atom is -0.329 e. The van der Waals surface area contributed by atoms with Crippen LogP contribution in [0.1, 0.15) is 19.4 Å². The van der Waals surface area contributed by atoms with Gasteiger partial charge >= 0.3 is 0 Å². The molecule has 104 valence electrons. The Morgan fingerprint density at radius 1 is 1.28 bits per heavy atom. The van der Waals surface area contributed by atoms with Gasteiger partial charge in [-0.1, -0.05) is 19.1 Å². The van der Waals surface area contributed by atoms with Crippen LogP contribution in [-0.4, -0.2) is 32.4 Å². The van der Waals surface area contributed by atoms with Gasteiger partial charge in [-0.25, -0.2) is 8.42 Å². The van der Waals surface area contributed by atoms with Crippen molar-refractivity contribution in [2.45, 2.75) is 31.2 Å². The lowest BCUT2D eigenvalue weighted by atomic mass is 10.2. The number of likely N-dealkylation sites (N-methyl/N-ethyl adjacent to an activating group) is 1. The molecule has 1 rings (SSSR count). The maximum atomic E-state index is 12.2. The van der Waals surface area contributed by atoms with Crippen molar-refractivity contribution in [3.8, 4) is 0 Å². The molecule has 18 heavy (non-hydrogen) atoms. The van der Waals surface area contributed by atoms with Gasteiger partial charge in [0.25, 0.3) is 0 Å². The van der Waals surface area contributed by atoms with Crippen LogP contribution in [0.3, 0.4) is 0 Å². The Labute approximate surface area is 116 Å². The van der Waals surface area contributed by atoms with Crippen LogP contribution in [0.15, 0.2) is 29.2 Å². The monoisotopic (exact) mass is 292 g/mol. The summed E-state index contributed by atoms with van der Waals surface area (Å²) in [6.45, 7) is 4.13. The highest BCUT2D eigenvalue weighted by molar-refractivity contribution is 7.89. The summed E-state index contributed by atoms with van der Waals surface area (Å²) in [6.07, 6.45) is 0.898. The summed E-state index contributed by atoms with van der Waals surface area (Å²) >= 11 is 0. The highest BCUT2D eigenvalue weighted by atomic mass is 35.5. The van der Waals surface area contributed by atoms with Gasteiger partial charge in [-0.05, 0) is 31.0 Å². The van der Waals surface area contributed by atoms with Crippen molar-refractivity contribution in [1.29, 1.82) is 0 Å². The minimum absolute atomic E-state index is 0. The molecule has 0 aliphatic rings. The number of hydrogen-bond acceptors (Lipinski definition) is 3. The van der Waals surface area contributed by atoms with Gasteiger partial charge in [-0.15, -0.1) is 12.4 Å². The van der Waals surface area contributed by atoms with Crippen molar-refractivity contribution in [3.63, 3.8) is 0 Å². The first-order chi connectivity index (χ1) is 7.93. The normalized spacial score (nSPS) is 13.2. The van der Waals surface area contributed by atoms with Crippen LogP contribution >= 0.6 is 12.4 Å². The lowest BCUT2D eigenvalue weighted by Crippen LogP contribution is -2.39. The average Bonchev–Trinajstić information content (AvgIpc) is 2.36. The molecule has 1 unspecified atom stereocenters. The third-order valence-corrected chi connectivity index (χ3v) is 4.96. The third kappa shape index (κ3) is 3.68. The van der Waals surface area contributed by atoms with Crippen molar-refractivity contribution in [2.24, 2.45) is 5.73 Å². The fourth-order valence-corrected chi connectivity index (χ4v) is 2.82. The van der Waals surface area contributed by atoms with Crippen LogP contribution in [0.25, 0.3) is 0 Å². The molecule has 0 aliphatic heterocycles. The van der Waals surface area contributed by atoms with Crippen molar-refractivity contribution in [3.05, 3.63) is 29.8 Å². The van der Waals surface area contributed by atoms with Crippen molar-refractivity contribution >= 4 is 22.4 Å². The zero-order chi connectivity index (χ0) is 13.1. The van der Waals surface area contributed by atoms with E-state index in [1.807, 2.05) is 19.1 Å². The Morgan fingerprint density at radius 2 is 1.78 bits per heavy atom. The Morgan fingerprint density at radius 3 is 2.17 bits per heavy atom. The van der Waals surface area contributed by atoms with Crippen molar-refractivity contribution in [1.82, 2.24) is 4.31 Å². The first kappa shape index (κ1) is 17.4. The first-order valence-corrected chi connectivity index (χ1v) is 7.14. The van der Waals surface area contributed by atoms with E-state index in [4.69, 9.17) is 5.73 Å². The number of halogens is 1. The molecule has 6 heteroatoms. The SMILES string of the molecule is CCc1ccc(S(=O)(=O)N(C)C(C)CN)cc1.Cl. The molecule has 1 atom stereocenters. The zero-order valence-electron chi connectivity index (χ0n) is 11.0. The van der Waals surface area contributed by atoms with Crippen molar-refractivity contribution in [2.75, 3.05) is 13.6 Å². The fourth-order valence-electron chi connectivity index (χ4n) is 1.45. The summed E-state index contributed by atoms with van der Waals surface area (Å²) in [5.41, 5.74) is 6.61. The van der Waals surface area contributed by atoms with E-state index in [2.05, 4.69) is 0 Å². The molecular formula is C12H21ClN2O2S. The number of nitrogens with zero attached hydrogens (tertiary/aromatic N) is 1. The second kappa shape index (κ2) is 7.09. The molecule has 0 fully saturated rings. The van der Waals surface area contributed by atoms with E-state index in [1.165, 1.54) is 4.31 Å². The van der Waals surface area contributed by atoms with Crippen LogP contribution in [-0.2, 0) is 16.4 Å². The van der Waals surface area contributed by atoms with Gasteiger partial charge in [0.2, 0.25) is 10.0 Å². The molecule has 0 saturated carbocycles.